The Morgan fingerprint density at radius 2 is 2.11 bits per heavy atom. The van der Waals surface area contributed by atoms with Gasteiger partial charge in [-0.15, -0.1) is 0 Å². The van der Waals surface area contributed by atoms with Gasteiger partial charge in [-0.3, -0.25) is 0 Å². The summed E-state index contributed by atoms with van der Waals surface area (Å²) < 4.78 is 27.0. The fraction of sp³-hybridized carbons (Fsp3) is 0.417. The van der Waals surface area contributed by atoms with Crippen LogP contribution in [0.15, 0.2) is 29.2 Å². The molecule has 0 radical (unpaired) electrons. The van der Waals surface area contributed by atoms with Crippen LogP contribution in [0.25, 0.3) is 0 Å². The lowest BCUT2D eigenvalue weighted by atomic mass is 10.2. The van der Waals surface area contributed by atoms with Gasteiger partial charge in [0.2, 0.25) is 10.0 Å². The monoisotopic (exact) mass is 284 g/mol. The molecule has 0 aliphatic heterocycles. The molecule has 1 aromatic rings. The van der Waals surface area contributed by atoms with Crippen molar-refractivity contribution in [3.63, 3.8) is 0 Å². The molecular formula is C12H16N2O2S2. The second kappa shape index (κ2) is 6.78. The number of rotatable bonds is 6. The number of nitrogens with zero attached hydrogens (tertiary/aromatic N) is 1. The quantitative estimate of drug-likeness (QED) is 0.867. The van der Waals surface area contributed by atoms with Crippen molar-refractivity contribution < 1.29 is 8.42 Å². The highest BCUT2D eigenvalue weighted by atomic mass is 32.2. The van der Waals surface area contributed by atoms with Gasteiger partial charge in [-0.1, -0.05) is 19.1 Å². The molecular weight excluding hydrogens is 268 g/mol. The van der Waals surface area contributed by atoms with E-state index in [1.165, 1.54) is 12.1 Å². The molecule has 6 heteroatoms. The van der Waals surface area contributed by atoms with Crippen LogP contribution < -0.4 is 4.72 Å². The van der Waals surface area contributed by atoms with Crippen LogP contribution in [0.3, 0.4) is 0 Å². The molecule has 0 spiro atoms. The first-order valence-electron chi connectivity index (χ1n) is 5.55. The zero-order chi connectivity index (χ0) is 13.6. The summed E-state index contributed by atoms with van der Waals surface area (Å²) in [6.07, 6.45) is 2.65. The second-order valence-corrected chi connectivity index (χ2v) is 6.38. The van der Waals surface area contributed by atoms with E-state index in [2.05, 4.69) is 4.72 Å². The number of nitriles is 1. The molecule has 0 aliphatic carbocycles. The van der Waals surface area contributed by atoms with Gasteiger partial charge in [0.05, 0.1) is 10.5 Å². The van der Waals surface area contributed by atoms with Gasteiger partial charge in [0.15, 0.2) is 0 Å². The van der Waals surface area contributed by atoms with Crippen LogP contribution >= 0.6 is 11.8 Å². The third-order valence-corrected chi connectivity index (χ3v) is 4.79. The average Bonchev–Trinajstić information content (AvgIpc) is 2.38. The largest absolute Gasteiger partial charge is 0.242 e. The molecule has 98 valence electrons. The van der Waals surface area contributed by atoms with Crippen molar-refractivity contribution in [2.75, 3.05) is 12.0 Å². The van der Waals surface area contributed by atoms with Crippen molar-refractivity contribution in [3.8, 4) is 6.07 Å². The van der Waals surface area contributed by atoms with Gasteiger partial charge in [-0.25, -0.2) is 13.1 Å². The van der Waals surface area contributed by atoms with E-state index in [0.29, 0.717) is 5.75 Å². The highest BCUT2D eigenvalue weighted by Crippen LogP contribution is 2.15. The van der Waals surface area contributed by atoms with Crippen molar-refractivity contribution in [2.24, 2.45) is 0 Å². The minimum Gasteiger partial charge on any atom is -0.207 e. The summed E-state index contributed by atoms with van der Waals surface area (Å²) in [5, 5.41) is 8.93. The van der Waals surface area contributed by atoms with E-state index in [4.69, 9.17) is 5.26 Å². The molecule has 0 saturated heterocycles. The van der Waals surface area contributed by atoms with Gasteiger partial charge in [-0.2, -0.15) is 17.0 Å². The standard InChI is InChI=1S/C12H16N2O2S2/c1-3-11(9-17-2)14-18(15,16)12-7-5-4-6-10(12)8-13/h4-7,11,14H,3,9H2,1-2H3. The van der Waals surface area contributed by atoms with Crippen molar-refractivity contribution in [1.29, 1.82) is 5.26 Å². The van der Waals surface area contributed by atoms with Crippen LogP contribution in [0.2, 0.25) is 0 Å². The van der Waals surface area contributed by atoms with E-state index in [9.17, 15) is 8.42 Å². The molecule has 18 heavy (non-hydrogen) atoms. The minimum absolute atomic E-state index is 0.0482. The van der Waals surface area contributed by atoms with Gasteiger partial charge in [-0.05, 0) is 24.8 Å². The van der Waals surface area contributed by atoms with E-state index in [0.717, 1.165) is 6.42 Å². The van der Waals surface area contributed by atoms with Crippen molar-refractivity contribution in [2.45, 2.75) is 24.3 Å². The molecule has 0 fully saturated rings. The van der Waals surface area contributed by atoms with E-state index in [-0.39, 0.29) is 16.5 Å². The van der Waals surface area contributed by atoms with Crippen LogP contribution in [0.1, 0.15) is 18.9 Å². The SMILES string of the molecule is CCC(CSC)NS(=O)(=O)c1ccccc1C#N. The van der Waals surface area contributed by atoms with Crippen LogP contribution in [-0.4, -0.2) is 26.5 Å². The molecule has 0 bridgehead atoms. The lowest BCUT2D eigenvalue weighted by Gasteiger charge is -2.16. The third kappa shape index (κ3) is 3.73. The Labute approximate surface area is 112 Å². The van der Waals surface area contributed by atoms with E-state index in [1.54, 1.807) is 23.9 Å². The van der Waals surface area contributed by atoms with E-state index in [1.807, 2.05) is 19.2 Å². The minimum atomic E-state index is -3.62. The first-order valence-corrected chi connectivity index (χ1v) is 8.43. The second-order valence-electron chi connectivity index (χ2n) is 3.79. The predicted molar refractivity (Wildman–Crippen MR) is 73.9 cm³/mol. The summed E-state index contributed by atoms with van der Waals surface area (Å²) in [4.78, 5) is 0.0482. The molecule has 0 heterocycles. The highest BCUT2D eigenvalue weighted by molar-refractivity contribution is 7.98. The Morgan fingerprint density at radius 1 is 1.44 bits per heavy atom. The van der Waals surface area contributed by atoms with Crippen molar-refractivity contribution in [3.05, 3.63) is 29.8 Å². The molecule has 1 N–H and O–H groups in total. The summed E-state index contributed by atoms with van der Waals surface area (Å²) in [6.45, 7) is 1.93. The summed E-state index contributed by atoms with van der Waals surface area (Å²) in [5.41, 5.74) is 0.170. The first-order chi connectivity index (χ1) is 8.55. The van der Waals surface area contributed by atoms with Gasteiger partial charge >= 0.3 is 0 Å². The van der Waals surface area contributed by atoms with Crippen molar-refractivity contribution in [1.82, 2.24) is 4.72 Å². The normalized spacial score (nSPS) is 12.9. The van der Waals surface area contributed by atoms with Gasteiger partial charge < -0.3 is 0 Å². The van der Waals surface area contributed by atoms with E-state index < -0.39 is 10.0 Å². The summed E-state index contributed by atoms with van der Waals surface area (Å²) in [5.74, 6) is 0.713. The fourth-order valence-electron chi connectivity index (χ4n) is 1.51. The van der Waals surface area contributed by atoms with Crippen LogP contribution in [0.4, 0.5) is 0 Å². The predicted octanol–water partition coefficient (Wildman–Crippen LogP) is 1.98. The van der Waals surface area contributed by atoms with Gasteiger partial charge in [0.25, 0.3) is 0 Å². The number of benzene rings is 1. The molecule has 0 saturated carbocycles. The van der Waals surface area contributed by atoms with Crippen LogP contribution in [0, 0.1) is 11.3 Å². The summed E-state index contributed by atoms with van der Waals surface area (Å²) in [6, 6.07) is 8.01. The molecule has 1 atom stereocenters. The third-order valence-electron chi connectivity index (χ3n) is 2.48. The number of thioether (sulfide) groups is 1. The lowest BCUT2D eigenvalue weighted by molar-refractivity contribution is 0.558. The molecule has 1 aromatic carbocycles. The topological polar surface area (TPSA) is 70.0 Å². The summed E-state index contributed by atoms with van der Waals surface area (Å²) in [7, 11) is -3.62. The van der Waals surface area contributed by atoms with Gasteiger partial charge in [0, 0.05) is 11.8 Å². The number of hydrogen-bond donors (Lipinski definition) is 1. The number of sulfonamides is 1. The maximum absolute atomic E-state index is 12.2. The highest BCUT2D eigenvalue weighted by Gasteiger charge is 2.21. The summed E-state index contributed by atoms with van der Waals surface area (Å²) >= 11 is 1.59. The Kier molecular flexibility index (Phi) is 5.66. The smallest absolute Gasteiger partial charge is 0.207 e. The zero-order valence-corrected chi connectivity index (χ0v) is 12.0. The Hall–Kier alpha value is -1.03. The Bertz CT molecular complexity index is 535. The molecule has 0 aliphatic rings. The fourth-order valence-corrected chi connectivity index (χ4v) is 3.82. The number of hydrogen-bond acceptors (Lipinski definition) is 4. The zero-order valence-electron chi connectivity index (χ0n) is 10.4. The van der Waals surface area contributed by atoms with Crippen molar-refractivity contribution >= 4 is 21.8 Å². The maximum atomic E-state index is 12.2. The Morgan fingerprint density at radius 3 is 2.67 bits per heavy atom. The van der Waals surface area contributed by atoms with Crippen LogP contribution in [0.5, 0.6) is 0 Å². The van der Waals surface area contributed by atoms with E-state index >= 15 is 0 Å². The van der Waals surface area contributed by atoms with Gasteiger partial charge in [0.1, 0.15) is 6.07 Å². The maximum Gasteiger partial charge on any atom is 0.242 e. The molecule has 1 rings (SSSR count). The van der Waals surface area contributed by atoms with Crippen LogP contribution in [-0.2, 0) is 10.0 Å². The molecule has 0 amide bonds. The first kappa shape index (κ1) is 15.0. The number of nitrogens with one attached hydrogen (secondary N) is 1. The molecule has 0 aromatic heterocycles. The average molecular weight is 284 g/mol. The Balaban J connectivity index is 3.03. The molecule has 1 unspecified atom stereocenters. The molecule has 4 nitrogen and oxygen atoms in total. The lowest BCUT2D eigenvalue weighted by Crippen LogP contribution is -2.36.